The third kappa shape index (κ3) is 1.61. The van der Waals surface area contributed by atoms with Gasteiger partial charge in [-0.25, -0.2) is 0 Å². The second-order valence-corrected chi connectivity index (χ2v) is 6.12. The van der Waals surface area contributed by atoms with Crippen LogP contribution in [-0.4, -0.2) is 29.6 Å². The van der Waals surface area contributed by atoms with Gasteiger partial charge in [0.15, 0.2) is 10.8 Å². The number of fused-ring (bicyclic) bond motifs is 1. The predicted octanol–water partition coefficient (Wildman–Crippen LogP) is 2.51. The summed E-state index contributed by atoms with van der Waals surface area (Å²) >= 11 is 7.64. The molecule has 1 aliphatic rings. The fraction of sp³-hybridized carbons (Fsp3) is 0.455. The molecule has 0 aliphatic heterocycles. The zero-order chi connectivity index (χ0) is 13.0. The summed E-state index contributed by atoms with van der Waals surface area (Å²) in [5, 5.41) is 18.6. The molecule has 8 heteroatoms. The Morgan fingerprint density at radius 3 is 2.84 bits per heavy atom. The molecule has 1 saturated carbocycles. The molecule has 6 nitrogen and oxygen atoms in total. The second-order valence-electron chi connectivity index (χ2n) is 4.75. The molecule has 3 heterocycles. The van der Waals surface area contributed by atoms with Crippen LogP contribution in [0, 0.1) is 0 Å². The smallest absolute Gasteiger partial charge is 0.235 e. The van der Waals surface area contributed by atoms with Crippen LogP contribution in [-0.2, 0) is 7.05 Å². The molecule has 3 aromatic rings. The zero-order valence-electron chi connectivity index (χ0n) is 10.2. The van der Waals surface area contributed by atoms with E-state index < -0.39 is 0 Å². The van der Waals surface area contributed by atoms with Gasteiger partial charge in [-0.2, -0.15) is 14.7 Å². The molecule has 0 bridgehead atoms. The number of aromatic nitrogens is 6. The third-order valence-corrected chi connectivity index (χ3v) is 4.76. The van der Waals surface area contributed by atoms with Gasteiger partial charge < -0.3 is 0 Å². The number of rotatable bonds is 2. The van der Waals surface area contributed by atoms with Crippen molar-refractivity contribution in [3.05, 3.63) is 17.0 Å². The van der Waals surface area contributed by atoms with E-state index in [1.54, 1.807) is 10.9 Å². The molecule has 4 rings (SSSR count). The summed E-state index contributed by atoms with van der Waals surface area (Å²) in [6.45, 7) is 0. The molecule has 0 atom stereocenters. The summed E-state index contributed by atoms with van der Waals surface area (Å²) in [7, 11) is 1.86. The normalized spacial score (nSPS) is 16.1. The van der Waals surface area contributed by atoms with Gasteiger partial charge in [-0.1, -0.05) is 29.4 Å². The summed E-state index contributed by atoms with van der Waals surface area (Å²) in [6.07, 6.45) is 5.26. The van der Waals surface area contributed by atoms with E-state index >= 15 is 0 Å². The van der Waals surface area contributed by atoms with Gasteiger partial charge in [-0.3, -0.25) is 4.68 Å². The van der Waals surface area contributed by atoms with Crippen LogP contribution in [0.3, 0.4) is 0 Å². The number of hydrogen-bond donors (Lipinski definition) is 0. The molecule has 1 fully saturated rings. The molecule has 0 saturated heterocycles. The monoisotopic (exact) mass is 294 g/mol. The Labute approximate surface area is 118 Å². The van der Waals surface area contributed by atoms with E-state index in [0.29, 0.717) is 10.9 Å². The summed E-state index contributed by atoms with van der Waals surface area (Å²) in [6, 6.07) is 0. The van der Waals surface area contributed by atoms with Gasteiger partial charge in [0.25, 0.3) is 0 Å². The highest BCUT2D eigenvalue weighted by atomic mass is 35.5. The standard InChI is InChI=1S/C11H11ClN6S/c1-17-8(7(12)5-13-17)10-16-18-9(6-3-2-4-6)14-15-11(18)19-10/h5-6H,2-4H2,1H3. The molecular weight excluding hydrogens is 284 g/mol. The van der Waals surface area contributed by atoms with Crippen molar-refractivity contribution in [3.63, 3.8) is 0 Å². The lowest BCUT2D eigenvalue weighted by atomic mass is 9.85. The highest BCUT2D eigenvalue weighted by Crippen LogP contribution is 2.37. The van der Waals surface area contributed by atoms with Crippen LogP contribution in [0.2, 0.25) is 5.02 Å². The van der Waals surface area contributed by atoms with Gasteiger partial charge in [0, 0.05) is 13.0 Å². The third-order valence-electron chi connectivity index (χ3n) is 3.58. The van der Waals surface area contributed by atoms with Gasteiger partial charge in [-0.15, -0.1) is 10.2 Å². The fourth-order valence-corrected chi connectivity index (χ4v) is 3.55. The van der Waals surface area contributed by atoms with Gasteiger partial charge >= 0.3 is 0 Å². The maximum Gasteiger partial charge on any atom is 0.235 e. The topological polar surface area (TPSA) is 60.9 Å². The number of hydrogen-bond acceptors (Lipinski definition) is 5. The first-order valence-corrected chi connectivity index (χ1v) is 7.33. The lowest BCUT2D eigenvalue weighted by Crippen LogP contribution is -2.13. The average molecular weight is 295 g/mol. The van der Waals surface area contributed by atoms with E-state index in [-0.39, 0.29) is 0 Å². The van der Waals surface area contributed by atoms with Crippen LogP contribution >= 0.6 is 22.9 Å². The van der Waals surface area contributed by atoms with Crippen LogP contribution in [0.5, 0.6) is 0 Å². The second kappa shape index (κ2) is 4.01. The lowest BCUT2D eigenvalue weighted by molar-refractivity contribution is 0.395. The molecular formula is C11H11ClN6S. The van der Waals surface area contributed by atoms with Crippen molar-refractivity contribution in [1.29, 1.82) is 0 Å². The van der Waals surface area contributed by atoms with Crippen molar-refractivity contribution >= 4 is 27.9 Å². The summed E-state index contributed by atoms with van der Waals surface area (Å²) in [5.41, 5.74) is 0.830. The molecule has 0 amide bonds. The van der Waals surface area contributed by atoms with Crippen LogP contribution < -0.4 is 0 Å². The van der Waals surface area contributed by atoms with Gasteiger partial charge in [0.1, 0.15) is 5.69 Å². The largest absolute Gasteiger partial charge is 0.264 e. The molecule has 0 radical (unpaired) electrons. The van der Waals surface area contributed by atoms with Crippen LogP contribution in [0.4, 0.5) is 0 Å². The minimum Gasteiger partial charge on any atom is -0.264 e. The predicted molar refractivity (Wildman–Crippen MR) is 72.5 cm³/mol. The number of aryl methyl sites for hydroxylation is 1. The van der Waals surface area contributed by atoms with Crippen LogP contribution in [0.15, 0.2) is 6.20 Å². The molecule has 0 aromatic carbocycles. The maximum absolute atomic E-state index is 6.15. The highest BCUT2D eigenvalue weighted by molar-refractivity contribution is 7.19. The SMILES string of the molecule is Cn1ncc(Cl)c1-c1nn2c(C3CCC3)nnc2s1. The summed E-state index contributed by atoms with van der Waals surface area (Å²) in [4.78, 5) is 0.814. The van der Waals surface area contributed by atoms with E-state index in [2.05, 4.69) is 20.4 Å². The van der Waals surface area contributed by atoms with E-state index in [1.807, 2.05) is 11.6 Å². The molecule has 1 aliphatic carbocycles. The van der Waals surface area contributed by atoms with Gasteiger partial charge in [-0.05, 0) is 12.8 Å². The summed E-state index contributed by atoms with van der Waals surface area (Å²) < 4.78 is 3.59. The minimum atomic E-state index is 0.506. The maximum atomic E-state index is 6.15. The lowest BCUT2D eigenvalue weighted by Gasteiger charge is -2.22. The molecule has 0 spiro atoms. The Hall–Kier alpha value is -1.47. The zero-order valence-corrected chi connectivity index (χ0v) is 11.8. The quantitative estimate of drug-likeness (QED) is 0.728. The van der Waals surface area contributed by atoms with E-state index in [9.17, 15) is 0 Å². The van der Waals surface area contributed by atoms with E-state index in [4.69, 9.17) is 11.6 Å². The Morgan fingerprint density at radius 1 is 1.37 bits per heavy atom. The van der Waals surface area contributed by atoms with Crippen molar-refractivity contribution in [1.82, 2.24) is 29.6 Å². The highest BCUT2D eigenvalue weighted by Gasteiger charge is 2.27. The van der Waals surface area contributed by atoms with Crippen molar-refractivity contribution < 1.29 is 0 Å². The number of nitrogens with zero attached hydrogens (tertiary/aromatic N) is 6. The van der Waals surface area contributed by atoms with Crippen LogP contribution in [0.1, 0.15) is 31.0 Å². The Bertz CT molecular complexity index is 733. The first-order valence-electron chi connectivity index (χ1n) is 6.14. The molecule has 0 unspecified atom stereocenters. The minimum absolute atomic E-state index is 0.506. The molecule has 3 aromatic heterocycles. The Kier molecular flexibility index (Phi) is 2.40. The van der Waals surface area contributed by atoms with Crippen LogP contribution in [0.25, 0.3) is 15.7 Å². The summed E-state index contributed by atoms with van der Waals surface area (Å²) in [5.74, 6) is 1.48. The average Bonchev–Trinajstić information content (AvgIpc) is 2.94. The van der Waals surface area contributed by atoms with E-state index in [1.165, 1.54) is 30.6 Å². The van der Waals surface area contributed by atoms with Crippen molar-refractivity contribution in [3.8, 4) is 10.7 Å². The van der Waals surface area contributed by atoms with Crippen molar-refractivity contribution in [2.75, 3.05) is 0 Å². The first-order chi connectivity index (χ1) is 9.24. The Balaban J connectivity index is 1.86. The first kappa shape index (κ1) is 11.4. The molecule has 98 valence electrons. The fourth-order valence-electron chi connectivity index (χ4n) is 2.30. The van der Waals surface area contributed by atoms with Gasteiger partial charge in [0.05, 0.1) is 11.2 Å². The Morgan fingerprint density at radius 2 is 2.21 bits per heavy atom. The van der Waals surface area contributed by atoms with E-state index in [0.717, 1.165) is 21.5 Å². The van der Waals surface area contributed by atoms with Crippen molar-refractivity contribution in [2.24, 2.45) is 7.05 Å². The van der Waals surface area contributed by atoms with Gasteiger partial charge in [0.2, 0.25) is 4.96 Å². The molecule has 19 heavy (non-hydrogen) atoms. The van der Waals surface area contributed by atoms with Crippen molar-refractivity contribution in [2.45, 2.75) is 25.2 Å². The number of halogens is 1. The molecule has 0 N–H and O–H groups in total.